The van der Waals surface area contributed by atoms with Gasteiger partial charge in [-0.2, -0.15) is 0 Å². The standard InChI is InChI=1S/C19H20FN3O2/c1-13(19-22-16-8-2-3-9-17(16)23-19)21-18(24)10-5-11-25-15-7-4-6-14(20)12-15/h2-4,6-9,12-13H,5,10-11H2,1H3,(H,21,24)(H,22,23)/t13-/m0/s1. The topological polar surface area (TPSA) is 67.0 Å². The number of H-pyrrole nitrogens is 1. The number of fused-ring (bicyclic) bond motifs is 1. The van der Waals surface area contributed by atoms with Crippen LogP contribution in [0.25, 0.3) is 11.0 Å². The number of rotatable bonds is 7. The van der Waals surface area contributed by atoms with Gasteiger partial charge in [0.2, 0.25) is 5.91 Å². The summed E-state index contributed by atoms with van der Waals surface area (Å²) in [6, 6.07) is 13.5. The number of hydrogen-bond acceptors (Lipinski definition) is 3. The quantitative estimate of drug-likeness (QED) is 0.643. The van der Waals surface area contributed by atoms with Crippen molar-refractivity contribution in [2.45, 2.75) is 25.8 Å². The van der Waals surface area contributed by atoms with Crippen molar-refractivity contribution in [1.29, 1.82) is 0 Å². The van der Waals surface area contributed by atoms with Gasteiger partial charge in [0, 0.05) is 12.5 Å². The highest BCUT2D eigenvalue weighted by atomic mass is 19.1. The first-order chi connectivity index (χ1) is 12.1. The molecular weight excluding hydrogens is 321 g/mol. The molecule has 0 spiro atoms. The fraction of sp³-hybridized carbons (Fsp3) is 0.263. The molecule has 3 aromatic rings. The molecule has 0 saturated carbocycles. The van der Waals surface area contributed by atoms with Gasteiger partial charge in [-0.3, -0.25) is 4.79 Å². The molecule has 2 N–H and O–H groups in total. The smallest absolute Gasteiger partial charge is 0.220 e. The van der Waals surface area contributed by atoms with Gasteiger partial charge < -0.3 is 15.0 Å². The van der Waals surface area contributed by atoms with E-state index in [0.29, 0.717) is 25.2 Å². The molecule has 25 heavy (non-hydrogen) atoms. The summed E-state index contributed by atoms with van der Waals surface area (Å²) in [5.74, 6) is 0.785. The molecule has 0 aliphatic rings. The summed E-state index contributed by atoms with van der Waals surface area (Å²) in [4.78, 5) is 19.7. The van der Waals surface area contributed by atoms with Gasteiger partial charge in [0.15, 0.2) is 0 Å². The second-order valence-corrected chi connectivity index (χ2v) is 5.84. The van der Waals surface area contributed by atoms with E-state index in [-0.39, 0.29) is 17.8 Å². The maximum absolute atomic E-state index is 13.0. The van der Waals surface area contributed by atoms with Crippen molar-refractivity contribution in [1.82, 2.24) is 15.3 Å². The minimum atomic E-state index is -0.338. The SMILES string of the molecule is C[C@H](NC(=O)CCCOc1cccc(F)c1)c1nc2ccccc2[nH]1. The Kier molecular flexibility index (Phi) is 5.28. The minimum Gasteiger partial charge on any atom is -0.493 e. The van der Waals surface area contributed by atoms with Gasteiger partial charge in [0.1, 0.15) is 17.4 Å². The summed E-state index contributed by atoms with van der Waals surface area (Å²) in [5, 5.41) is 2.92. The fourth-order valence-electron chi connectivity index (χ4n) is 2.54. The Bertz CT molecular complexity index is 830. The summed E-state index contributed by atoms with van der Waals surface area (Å²) in [7, 11) is 0. The zero-order valence-electron chi connectivity index (χ0n) is 14.0. The largest absolute Gasteiger partial charge is 0.493 e. The van der Waals surface area contributed by atoms with E-state index < -0.39 is 0 Å². The van der Waals surface area contributed by atoms with Crippen LogP contribution < -0.4 is 10.1 Å². The number of para-hydroxylation sites is 2. The van der Waals surface area contributed by atoms with Gasteiger partial charge in [-0.1, -0.05) is 18.2 Å². The van der Waals surface area contributed by atoms with Crippen molar-refractivity contribution in [3.8, 4) is 5.75 Å². The molecule has 0 aliphatic heterocycles. The number of nitrogens with one attached hydrogen (secondary N) is 2. The van der Waals surface area contributed by atoms with Gasteiger partial charge >= 0.3 is 0 Å². The van der Waals surface area contributed by atoms with Crippen LogP contribution in [0.2, 0.25) is 0 Å². The monoisotopic (exact) mass is 341 g/mol. The van der Waals surface area contributed by atoms with Crippen molar-refractivity contribution in [3.05, 3.63) is 60.2 Å². The highest BCUT2D eigenvalue weighted by Gasteiger charge is 2.13. The van der Waals surface area contributed by atoms with E-state index >= 15 is 0 Å². The predicted molar refractivity (Wildman–Crippen MR) is 93.8 cm³/mol. The number of aromatic nitrogens is 2. The van der Waals surface area contributed by atoms with Gasteiger partial charge in [0.25, 0.3) is 0 Å². The average molecular weight is 341 g/mol. The maximum Gasteiger partial charge on any atom is 0.220 e. The number of imidazole rings is 1. The van der Waals surface area contributed by atoms with Crippen LogP contribution in [0, 0.1) is 5.82 Å². The molecule has 0 fully saturated rings. The number of benzene rings is 2. The lowest BCUT2D eigenvalue weighted by atomic mass is 10.2. The molecule has 0 unspecified atom stereocenters. The Labute approximate surface area is 145 Å². The zero-order chi connectivity index (χ0) is 17.6. The molecule has 6 heteroatoms. The molecule has 0 saturated heterocycles. The number of aromatic amines is 1. The third-order valence-corrected chi connectivity index (χ3v) is 3.81. The third kappa shape index (κ3) is 4.56. The van der Waals surface area contributed by atoms with Crippen LogP contribution in [-0.2, 0) is 4.79 Å². The van der Waals surface area contributed by atoms with Crippen LogP contribution in [-0.4, -0.2) is 22.5 Å². The zero-order valence-corrected chi connectivity index (χ0v) is 14.0. The van der Waals surface area contributed by atoms with Gasteiger partial charge in [-0.15, -0.1) is 0 Å². The second-order valence-electron chi connectivity index (χ2n) is 5.84. The normalized spacial score (nSPS) is 12.1. The van der Waals surface area contributed by atoms with E-state index in [1.165, 1.54) is 12.1 Å². The van der Waals surface area contributed by atoms with Crippen LogP contribution in [0.15, 0.2) is 48.5 Å². The lowest BCUT2D eigenvalue weighted by molar-refractivity contribution is -0.122. The molecule has 1 aromatic heterocycles. The summed E-state index contributed by atoms with van der Waals surface area (Å²) in [6.07, 6.45) is 0.884. The summed E-state index contributed by atoms with van der Waals surface area (Å²) in [6.45, 7) is 2.24. The molecule has 0 radical (unpaired) electrons. The van der Waals surface area contributed by atoms with E-state index in [4.69, 9.17) is 4.74 Å². The highest BCUT2D eigenvalue weighted by Crippen LogP contribution is 2.16. The molecule has 130 valence electrons. The molecule has 1 heterocycles. The first-order valence-corrected chi connectivity index (χ1v) is 8.24. The Morgan fingerprint density at radius 3 is 2.92 bits per heavy atom. The van der Waals surface area contributed by atoms with Crippen molar-refractivity contribution in [2.75, 3.05) is 6.61 Å². The van der Waals surface area contributed by atoms with E-state index in [1.54, 1.807) is 12.1 Å². The van der Waals surface area contributed by atoms with Gasteiger partial charge in [0.05, 0.1) is 23.7 Å². The fourth-order valence-corrected chi connectivity index (χ4v) is 2.54. The molecular formula is C19H20FN3O2. The second kappa shape index (κ2) is 7.79. The molecule has 2 aromatic carbocycles. The number of halogens is 1. The van der Waals surface area contributed by atoms with E-state index in [0.717, 1.165) is 16.9 Å². The number of carbonyl (C=O) groups excluding carboxylic acids is 1. The molecule has 0 bridgehead atoms. The molecule has 5 nitrogen and oxygen atoms in total. The molecule has 1 amide bonds. The third-order valence-electron chi connectivity index (χ3n) is 3.81. The lowest BCUT2D eigenvalue weighted by Gasteiger charge is -2.11. The predicted octanol–water partition coefficient (Wildman–Crippen LogP) is 3.74. The lowest BCUT2D eigenvalue weighted by Crippen LogP contribution is -2.27. The Balaban J connectivity index is 1.44. The molecule has 1 atom stereocenters. The van der Waals surface area contributed by atoms with E-state index in [1.807, 2.05) is 31.2 Å². The van der Waals surface area contributed by atoms with Crippen LogP contribution in [0.3, 0.4) is 0 Å². The number of carbonyl (C=O) groups is 1. The Morgan fingerprint density at radius 1 is 1.28 bits per heavy atom. The van der Waals surface area contributed by atoms with Crippen LogP contribution >= 0.6 is 0 Å². The molecule has 0 aliphatic carbocycles. The van der Waals surface area contributed by atoms with Crippen molar-refractivity contribution >= 4 is 16.9 Å². The maximum atomic E-state index is 13.0. The Hall–Kier alpha value is -2.89. The number of hydrogen-bond donors (Lipinski definition) is 2. The van der Waals surface area contributed by atoms with Gasteiger partial charge in [-0.05, 0) is 37.6 Å². The van der Waals surface area contributed by atoms with Crippen LogP contribution in [0.4, 0.5) is 4.39 Å². The minimum absolute atomic E-state index is 0.0733. The van der Waals surface area contributed by atoms with Crippen molar-refractivity contribution in [2.24, 2.45) is 0 Å². The summed E-state index contributed by atoms with van der Waals surface area (Å²) < 4.78 is 18.5. The highest BCUT2D eigenvalue weighted by molar-refractivity contribution is 5.77. The first-order valence-electron chi connectivity index (χ1n) is 8.24. The summed E-state index contributed by atoms with van der Waals surface area (Å²) in [5.41, 5.74) is 1.82. The van der Waals surface area contributed by atoms with E-state index in [2.05, 4.69) is 15.3 Å². The number of nitrogens with zero attached hydrogens (tertiary/aromatic N) is 1. The molecule has 3 rings (SSSR count). The Morgan fingerprint density at radius 2 is 2.12 bits per heavy atom. The number of amides is 1. The average Bonchev–Trinajstić information content (AvgIpc) is 3.03. The van der Waals surface area contributed by atoms with Crippen LogP contribution in [0.5, 0.6) is 5.75 Å². The van der Waals surface area contributed by atoms with Crippen molar-refractivity contribution in [3.63, 3.8) is 0 Å². The first kappa shape index (κ1) is 17.0. The van der Waals surface area contributed by atoms with Gasteiger partial charge in [-0.25, -0.2) is 9.37 Å². The van der Waals surface area contributed by atoms with E-state index in [9.17, 15) is 9.18 Å². The number of ether oxygens (including phenoxy) is 1. The van der Waals surface area contributed by atoms with Crippen LogP contribution in [0.1, 0.15) is 31.6 Å². The summed E-state index contributed by atoms with van der Waals surface area (Å²) >= 11 is 0. The van der Waals surface area contributed by atoms with Crippen molar-refractivity contribution < 1.29 is 13.9 Å².